The first-order chi connectivity index (χ1) is 17.6. The molecule has 1 fully saturated rings. The van der Waals surface area contributed by atoms with Crippen LogP contribution in [0.2, 0.25) is 10.0 Å². The fraction of sp³-hybridized carbons (Fsp3) is 0.333. The maximum atomic E-state index is 14.1. The lowest BCUT2D eigenvalue weighted by Crippen LogP contribution is -2.41. The number of aromatic nitrogens is 2. The Labute approximate surface area is 222 Å². The number of amides is 1. The summed E-state index contributed by atoms with van der Waals surface area (Å²) in [4.78, 5) is 15.9. The molecule has 3 aromatic rings. The van der Waals surface area contributed by atoms with Crippen LogP contribution in [0.1, 0.15) is 49.0 Å². The van der Waals surface area contributed by atoms with E-state index in [0.717, 1.165) is 31.7 Å². The number of nitrogens with one attached hydrogen (secondary N) is 1. The number of carbonyl (C=O) groups excluding carboxylic acids is 1. The smallest absolute Gasteiger partial charge is 0.344 e. The molecule has 0 bridgehead atoms. The zero-order chi connectivity index (χ0) is 26.3. The molecule has 2 aromatic carbocycles. The van der Waals surface area contributed by atoms with Gasteiger partial charge in [0.15, 0.2) is 5.69 Å². The largest absolute Gasteiger partial charge is 0.435 e. The van der Waals surface area contributed by atoms with E-state index in [0.29, 0.717) is 28.4 Å². The number of halogens is 5. The van der Waals surface area contributed by atoms with Gasteiger partial charge in [0, 0.05) is 24.4 Å². The Morgan fingerprint density at radius 3 is 2.57 bits per heavy atom. The van der Waals surface area contributed by atoms with E-state index in [1.807, 2.05) is 23.1 Å². The molecule has 1 amide bonds. The van der Waals surface area contributed by atoms with E-state index in [1.165, 1.54) is 10.2 Å². The van der Waals surface area contributed by atoms with E-state index in [9.17, 15) is 18.0 Å². The highest BCUT2D eigenvalue weighted by Crippen LogP contribution is 2.42. The second-order valence-electron chi connectivity index (χ2n) is 9.42. The van der Waals surface area contributed by atoms with E-state index >= 15 is 0 Å². The van der Waals surface area contributed by atoms with E-state index in [4.69, 9.17) is 23.2 Å². The number of nitrogens with zero attached hydrogens (tertiary/aromatic N) is 3. The molecule has 2 aliphatic rings. The monoisotopic (exact) mass is 548 g/mol. The van der Waals surface area contributed by atoms with Crippen LogP contribution >= 0.6 is 23.2 Å². The van der Waals surface area contributed by atoms with Gasteiger partial charge in [-0.15, -0.1) is 0 Å². The van der Waals surface area contributed by atoms with Crippen molar-refractivity contribution < 1.29 is 18.0 Å². The zero-order valence-corrected chi connectivity index (χ0v) is 21.5. The maximum absolute atomic E-state index is 14.1. The highest BCUT2D eigenvalue weighted by Gasteiger charge is 2.42. The Bertz CT molecular complexity index is 1350. The lowest BCUT2D eigenvalue weighted by molar-refractivity contribution is -0.141. The van der Waals surface area contributed by atoms with Crippen LogP contribution in [0, 0.1) is 0 Å². The van der Waals surface area contributed by atoms with Gasteiger partial charge in [0.1, 0.15) is 11.9 Å². The van der Waals surface area contributed by atoms with Crippen molar-refractivity contribution in [3.63, 3.8) is 0 Å². The third-order valence-electron chi connectivity index (χ3n) is 7.00. The van der Waals surface area contributed by atoms with Gasteiger partial charge in [0.2, 0.25) is 0 Å². The van der Waals surface area contributed by atoms with Gasteiger partial charge < -0.3 is 10.2 Å². The van der Waals surface area contributed by atoms with Crippen LogP contribution in [0.5, 0.6) is 0 Å². The number of hydrogen-bond acceptors (Lipinski definition) is 3. The number of carbonyl (C=O) groups is 1. The molecular weight excluding hydrogens is 524 g/mol. The van der Waals surface area contributed by atoms with Gasteiger partial charge >= 0.3 is 6.18 Å². The van der Waals surface area contributed by atoms with Gasteiger partial charge in [-0.25, -0.2) is 4.68 Å². The standard InChI is InChI=1S/C27H25Cl2F3N4O/c1-16-24(26(37)35-13-5-8-19(35)11-9-17-6-3-2-4-7-17)25(18-10-12-20(28)21(29)14-18)36-23(33-16)15-22(34-36)27(30,31)32/h2-4,6-7,10,12,14-15,19,25,33H,5,8-9,11,13H2,1H3. The van der Waals surface area contributed by atoms with Crippen molar-refractivity contribution in [1.29, 1.82) is 0 Å². The lowest BCUT2D eigenvalue weighted by atomic mass is 9.93. The molecule has 10 heteroatoms. The summed E-state index contributed by atoms with van der Waals surface area (Å²) in [5.41, 5.74) is 1.51. The Morgan fingerprint density at radius 2 is 1.86 bits per heavy atom. The summed E-state index contributed by atoms with van der Waals surface area (Å²) in [7, 11) is 0. The summed E-state index contributed by atoms with van der Waals surface area (Å²) in [6.07, 6.45) is -1.25. The molecule has 0 spiro atoms. The second-order valence-corrected chi connectivity index (χ2v) is 10.2. The predicted molar refractivity (Wildman–Crippen MR) is 138 cm³/mol. The van der Waals surface area contributed by atoms with Crippen LogP contribution < -0.4 is 5.32 Å². The van der Waals surface area contributed by atoms with Gasteiger partial charge in [0.05, 0.1) is 15.6 Å². The minimum absolute atomic E-state index is 0.0345. The van der Waals surface area contributed by atoms with E-state index in [2.05, 4.69) is 22.5 Å². The summed E-state index contributed by atoms with van der Waals surface area (Å²) in [5.74, 6) is -0.0640. The average molecular weight is 549 g/mol. The second kappa shape index (κ2) is 10.1. The van der Waals surface area contributed by atoms with E-state index < -0.39 is 17.9 Å². The van der Waals surface area contributed by atoms with Crippen LogP contribution in [-0.2, 0) is 17.4 Å². The molecule has 0 saturated carbocycles. The molecule has 1 N–H and O–H groups in total. The van der Waals surface area contributed by atoms with Crippen molar-refractivity contribution in [2.75, 3.05) is 11.9 Å². The number of hydrogen-bond donors (Lipinski definition) is 1. The molecule has 2 atom stereocenters. The summed E-state index contributed by atoms with van der Waals surface area (Å²) >= 11 is 12.4. The first-order valence-electron chi connectivity index (χ1n) is 12.1. The van der Waals surface area contributed by atoms with Crippen LogP contribution in [-0.4, -0.2) is 33.2 Å². The molecule has 0 radical (unpaired) electrons. The Hall–Kier alpha value is -2.97. The molecule has 1 aromatic heterocycles. The third-order valence-corrected chi connectivity index (χ3v) is 7.74. The Balaban J connectivity index is 1.51. The number of rotatable bonds is 5. The van der Waals surface area contributed by atoms with Crippen molar-refractivity contribution >= 4 is 34.9 Å². The van der Waals surface area contributed by atoms with E-state index in [1.54, 1.807) is 25.1 Å². The maximum Gasteiger partial charge on any atom is 0.435 e. The summed E-state index contributed by atoms with van der Waals surface area (Å²) in [6, 6.07) is 15.0. The van der Waals surface area contributed by atoms with Crippen LogP contribution in [0.15, 0.2) is 65.9 Å². The fourth-order valence-corrected chi connectivity index (χ4v) is 5.52. The summed E-state index contributed by atoms with van der Waals surface area (Å²) < 4.78 is 41.9. The Kier molecular flexibility index (Phi) is 6.98. The quantitative estimate of drug-likeness (QED) is 0.369. The lowest BCUT2D eigenvalue weighted by Gasteiger charge is -2.34. The molecule has 37 heavy (non-hydrogen) atoms. The minimum atomic E-state index is -4.64. The van der Waals surface area contributed by atoms with Gasteiger partial charge in [-0.05, 0) is 55.9 Å². The van der Waals surface area contributed by atoms with Crippen molar-refractivity contribution in [1.82, 2.24) is 14.7 Å². The van der Waals surface area contributed by atoms with Gasteiger partial charge in [-0.2, -0.15) is 18.3 Å². The topological polar surface area (TPSA) is 50.2 Å². The average Bonchev–Trinajstić information content (AvgIpc) is 3.51. The first-order valence-corrected chi connectivity index (χ1v) is 12.8. The molecule has 2 aliphatic heterocycles. The van der Waals surface area contributed by atoms with Crippen molar-refractivity contribution in [3.05, 3.63) is 92.7 Å². The van der Waals surface area contributed by atoms with E-state index in [-0.39, 0.29) is 22.8 Å². The zero-order valence-electron chi connectivity index (χ0n) is 20.0. The summed E-state index contributed by atoms with van der Waals surface area (Å²) in [5, 5.41) is 7.40. The molecule has 5 rings (SSSR count). The fourth-order valence-electron chi connectivity index (χ4n) is 5.21. The molecule has 1 saturated heterocycles. The number of alkyl halides is 3. The number of aryl methyl sites for hydroxylation is 1. The first kappa shape index (κ1) is 25.7. The third kappa shape index (κ3) is 5.09. The SMILES string of the molecule is CC1=C(C(=O)N2CCCC2CCc2ccccc2)C(c2ccc(Cl)c(Cl)c2)n2nc(C(F)(F)F)cc2N1. The number of anilines is 1. The van der Waals surface area contributed by atoms with Crippen LogP contribution in [0.3, 0.4) is 0 Å². The highest BCUT2D eigenvalue weighted by molar-refractivity contribution is 6.42. The molecule has 0 aliphatic carbocycles. The normalized spacial score (nSPS) is 19.7. The number of allylic oxidation sites excluding steroid dienone is 1. The van der Waals surface area contributed by atoms with Crippen molar-refractivity contribution in [2.45, 2.75) is 50.9 Å². The van der Waals surface area contributed by atoms with Gasteiger partial charge in [0.25, 0.3) is 5.91 Å². The molecule has 3 heterocycles. The summed E-state index contributed by atoms with van der Waals surface area (Å²) in [6.45, 7) is 2.29. The molecule has 194 valence electrons. The van der Waals surface area contributed by atoms with Crippen LogP contribution in [0.25, 0.3) is 0 Å². The van der Waals surface area contributed by atoms with Crippen molar-refractivity contribution in [3.8, 4) is 0 Å². The van der Waals surface area contributed by atoms with Crippen LogP contribution in [0.4, 0.5) is 19.0 Å². The number of likely N-dealkylation sites (tertiary alicyclic amines) is 1. The van der Waals surface area contributed by atoms with Crippen molar-refractivity contribution in [2.24, 2.45) is 0 Å². The number of benzene rings is 2. The highest BCUT2D eigenvalue weighted by atomic mass is 35.5. The van der Waals surface area contributed by atoms with Gasteiger partial charge in [-0.3, -0.25) is 4.79 Å². The number of fused-ring (bicyclic) bond motifs is 1. The Morgan fingerprint density at radius 1 is 1.11 bits per heavy atom. The minimum Gasteiger partial charge on any atom is -0.344 e. The van der Waals surface area contributed by atoms with Gasteiger partial charge in [-0.1, -0.05) is 59.6 Å². The molecular formula is C27H25Cl2F3N4O. The molecule has 2 unspecified atom stereocenters. The predicted octanol–water partition coefficient (Wildman–Crippen LogP) is 7.12. The molecule has 5 nitrogen and oxygen atoms in total.